The number of aromatic nitrogens is 1. The number of carbonyl (C=O) groups is 1. The third-order valence-corrected chi connectivity index (χ3v) is 7.73. The molecule has 0 saturated carbocycles. The molecule has 6 heteroatoms. The predicted molar refractivity (Wildman–Crippen MR) is 143 cm³/mol. The molecule has 1 heterocycles. The van der Waals surface area contributed by atoms with Gasteiger partial charge in [-0.15, -0.1) is 0 Å². The minimum Gasteiger partial charge on any atom is -1.00 e. The number of halogens is 1. The highest BCUT2D eigenvalue weighted by Crippen LogP contribution is 2.23. The first-order chi connectivity index (χ1) is 16.4. The second kappa shape index (κ2) is 16.2. The summed E-state index contributed by atoms with van der Waals surface area (Å²) in [5.74, 6) is 0.293. The summed E-state index contributed by atoms with van der Waals surface area (Å²) in [4.78, 5) is 27.4. The Hall–Kier alpha value is -1.66. The number of aromatic amines is 1. The first kappa shape index (κ1) is 31.4. The molecule has 35 heavy (non-hydrogen) atoms. The fourth-order valence-corrected chi connectivity index (χ4v) is 5.08. The lowest BCUT2D eigenvalue weighted by atomic mass is 10.0. The van der Waals surface area contributed by atoms with E-state index < -0.39 is 0 Å². The molecule has 2 rings (SSSR count). The van der Waals surface area contributed by atoms with Crippen molar-refractivity contribution in [3.8, 4) is 5.75 Å². The number of quaternary nitrogens is 1. The van der Waals surface area contributed by atoms with Gasteiger partial charge in [0.05, 0.1) is 31.7 Å². The summed E-state index contributed by atoms with van der Waals surface area (Å²) in [7, 11) is 0. The van der Waals surface area contributed by atoms with E-state index in [1.165, 1.54) is 69.2 Å². The van der Waals surface area contributed by atoms with Gasteiger partial charge in [0.15, 0.2) is 0 Å². The number of benzene rings is 1. The van der Waals surface area contributed by atoms with Crippen LogP contribution in [0.3, 0.4) is 0 Å². The molecule has 0 aliphatic rings. The average Bonchev–Trinajstić information content (AvgIpc) is 2.83. The molecule has 0 amide bonds. The van der Waals surface area contributed by atoms with Crippen LogP contribution in [0.15, 0.2) is 23.0 Å². The van der Waals surface area contributed by atoms with Crippen molar-refractivity contribution < 1.29 is 31.0 Å². The molecule has 0 atom stereocenters. The van der Waals surface area contributed by atoms with Gasteiger partial charge in [-0.3, -0.25) is 9.59 Å². The second-order valence-corrected chi connectivity index (χ2v) is 9.69. The Labute approximate surface area is 223 Å². The maximum absolute atomic E-state index is 12.2. The summed E-state index contributed by atoms with van der Waals surface area (Å²) in [6.45, 7) is 15.9. The molecule has 0 radical (unpaired) electrons. The van der Waals surface area contributed by atoms with Crippen molar-refractivity contribution in [2.75, 3.05) is 26.2 Å². The van der Waals surface area contributed by atoms with Crippen LogP contribution in [-0.4, -0.2) is 41.6 Å². The van der Waals surface area contributed by atoms with Gasteiger partial charge in [-0.1, -0.05) is 39.0 Å². The van der Waals surface area contributed by atoms with Crippen molar-refractivity contribution in [1.29, 1.82) is 0 Å². The Balaban J connectivity index is 0.00000612. The highest BCUT2D eigenvalue weighted by Gasteiger charge is 2.19. The number of nitrogens with one attached hydrogen (secondary N) is 1. The summed E-state index contributed by atoms with van der Waals surface area (Å²) < 4.78 is 6.78. The van der Waals surface area contributed by atoms with E-state index in [-0.39, 0.29) is 28.5 Å². The monoisotopic (exact) mass is 550 g/mol. The average molecular weight is 552 g/mol. The van der Waals surface area contributed by atoms with Crippen LogP contribution in [0.2, 0.25) is 0 Å². The number of esters is 1. The fraction of sp³-hybridized carbons (Fsp3) is 0.655. The normalized spacial score (nSPS) is 11.5. The zero-order valence-electron chi connectivity index (χ0n) is 22.7. The van der Waals surface area contributed by atoms with Gasteiger partial charge < -0.3 is 31.2 Å². The number of hydrogen-bond donors (Lipinski definition) is 1. The van der Waals surface area contributed by atoms with Crippen molar-refractivity contribution in [3.63, 3.8) is 0 Å². The topological polar surface area (TPSA) is 59.2 Å². The SMILES string of the molecule is CCc1c(C)c2ccc(OC(=O)CCCCCCCCCC[N+](CC)(CC)CC)cc2[nH]c1=O.[Br-]. The van der Waals surface area contributed by atoms with Crippen LogP contribution in [0.25, 0.3) is 10.9 Å². The van der Waals surface area contributed by atoms with E-state index in [1.807, 2.05) is 26.0 Å². The number of unbranched alkanes of at least 4 members (excludes halogenated alkanes) is 7. The van der Waals surface area contributed by atoms with Crippen LogP contribution >= 0.6 is 0 Å². The van der Waals surface area contributed by atoms with Gasteiger partial charge in [-0.2, -0.15) is 0 Å². The highest BCUT2D eigenvalue weighted by molar-refractivity contribution is 5.85. The Morgan fingerprint density at radius 1 is 0.886 bits per heavy atom. The smallest absolute Gasteiger partial charge is 0.311 e. The molecule has 5 nitrogen and oxygen atoms in total. The number of hydrogen-bond acceptors (Lipinski definition) is 3. The highest BCUT2D eigenvalue weighted by atomic mass is 79.9. The Morgan fingerprint density at radius 3 is 2.03 bits per heavy atom. The Bertz CT molecular complexity index is 958. The van der Waals surface area contributed by atoms with Crippen LogP contribution in [0, 0.1) is 6.92 Å². The zero-order chi connectivity index (χ0) is 25.0. The zero-order valence-corrected chi connectivity index (χ0v) is 24.3. The van der Waals surface area contributed by atoms with E-state index in [0.29, 0.717) is 24.1 Å². The summed E-state index contributed by atoms with van der Waals surface area (Å²) in [6, 6.07) is 5.50. The van der Waals surface area contributed by atoms with E-state index in [4.69, 9.17) is 4.74 Å². The van der Waals surface area contributed by atoms with E-state index in [9.17, 15) is 9.59 Å². The molecule has 1 aromatic heterocycles. The quantitative estimate of drug-likeness (QED) is 0.150. The lowest BCUT2D eigenvalue weighted by molar-refractivity contribution is -0.923. The molecule has 1 N–H and O–H groups in total. The minimum atomic E-state index is -0.201. The third-order valence-electron chi connectivity index (χ3n) is 7.73. The molecule has 0 bridgehead atoms. The Kier molecular flexibility index (Phi) is 14.5. The molecule has 0 spiro atoms. The summed E-state index contributed by atoms with van der Waals surface area (Å²) in [5.41, 5.74) is 2.46. The summed E-state index contributed by atoms with van der Waals surface area (Å²) >= 11 is 0. The van der Waals surface area contributed by atoms with E-state index in [2.05, 4.69) is 25.8 Å². The minimum absolute atomic E-state index is 0. The standard InChI is InChI=1S/C29H46N2O3.BrH/c1-6-25-23(5)26-20-19-24(22-27(26)30-29(25)33)34-28(32)18-16-14-12-10-11-13-15-17-21-31(7-2,8-3)9-4;/h19-20,22H,6-18,21H2,1-5H3;1H. The van der Waals surface area contributed by atoms with Crippen molar-refractivity contribution >= 4 is 16.9 Å². The maximum atomic E-state index is 12.2. The first-order valence-corrected chi connectivity index (χ1v) is 13.6. The molecule has 0 unspecified atom stereocenters. The maximum Gasteiger partial charge on any atom is 0.311 e. The number of carbonyl (C=O) groups excluding carboxylic acids is 1. The number of rotatable bonds is 16. The predicted octanol–water partition coefficient (Wildman–Crippen LogP) is 3.70. The van der Waals surface area contributed by atoms with Gasteiger partial charge in [-0.05, 0) is 71.1 Å². The van der Waals surface area contributed by atoms with Gasteiger partial charge in [-0.25, -0.2) is 0 Å². The lowest BCUT2D eigenvalue weighted by Crippen LogP contribution is -3.00. The third kappa shape index (κ3) is 9.38. The molecule has 0 fully saturated rings. The lowest BCUT2D eigenvalue weighted by Gasteiger charge is -2.35. The van der Waals surface area contributed by atoms with Crippen molar-refractivity contribution in [1.82, 2.24) is 4.98 Å². The molecule has 0 saturated heterocycles. The number of pyridine rings is 1. The van der Waals surface area contributed by atoms with Crippen LogP contribution in [-0.2, 0) is 11.2 Å². The Morgan fingerprint density at radius 2 is 1.46 bits per heavy atom. The number of ether oxygens (including phenoxy) is 1. The van der Waals surface area contributed by atoms with Gasteiger partial charge in [0, 0.05) is 23.4 Å². The molecule has 0 aliphatic carbocycles. The van der Waals surface area contributed by atoms with E-state index >= 15 is 0 Å². The second-order valence-electron chi connectivity index (χ2n) is 9.69. The van der Waals surface area contributed by atoms with Crippen molar-refractivity contribution in [2.24, 2.45) is 0 Å². The van der Waals surface area contributed by atoms with Crippen LogP contribution in [0.1, 0.15) is 96.6 Å². The van der Waals surface area contributed by atoms with E-state index in [0.717, 1.165) is 29.4 Å². The molecule has 0 aliphatic heterocycles. The molecule has 198 valence electrons. The van der Waals surface area contributed by atoms with Crippen LogP contribution in [0.4, 0.5) is 0 Å². The fourth-order valence-electron chi connectivity index (χ4n) is 5.08. The van der Waals surface area contributed by atoms with Crippen molar-refractivity contribution in [3.05, 3.63) is 39.7 Å². The van der Waals surface area contributed by atoms with Crippen LogP contribution < -0.4 is 27.3 Å². The molecular weight excluding hydrogens is 504 g/mol. The number of aryl methyl sites for hydroxylation is 1. The number of fused-ring (bicyclic) bond motifs is 1. The first-order valence-electron chi connectivity index (χ1n) is 13.6. The van der Waals surface area contributed by atoms with Gasteiger partial charge in [0.25, 0.3) is 5.56 Å². The van der Waals surface area contributed by atoms with E-state index in [1.54, 1.807) is 6.07 Å². The molecular formula is C29H47BrN2O3. The van der Waals surface area contributed by atoms with Gasteiger partial charge >= 0.3 is 5.97 Å². The van der Waals surface area contributed by atoms with Gasteiger partial charge in [0.2, 0.25) is 0 Å². The molecule has 2 aromatic rings. The number of nitrogens with zero attached hydrogens (tertiary/aromatic N) is 1. The van der Waals surface area contributed by atoms with Crippen LogP contribution in [0.5, 0.6) is 5.75 Å². The number of H-pyrrole nitrogens is 1. The summed E-state index contributed by atoms with van der Waals surface area (Å²) in [6.07, 6.45) is 10.8. The van der Waals surface area contributed by atoms with Crippen molar-refractivity contribution in [2.45, 2.75) is 98.8 Å². The van der Waals surface area contributed by atoms with Gasteiger partial charge in [0.1, 0.15) is 5.75 Å². The largest absolute Gasteiger partial charge is 1.00 e. The molecule has 1 aromatic carbocycles. The summed E-state index contributed by atoms with van der Waals surface area (Å²) in [5, 5.41) is 0.996.